The van der Waals surface area contributed by atoms with E-state index in [0.717, 1.165) is 27.5 Å². The van der Waals surface area contributed by atoms with Crippen LogP contribution in [0.5, 0.6) is 0 Å². The van der Waals surface area contributed by atoms with Crippen LogP contribution in [0.1, 0.15) is 17.3 Å². The number of benzene rings is 1. The number of aromatic amines is 1. The summed E-state index contributed by atoms with van der Waals surface area (Å²) >= 11 is 0. The van der Waals surface area contributed by atoms with Gasteiger partial charge in [0, 0.05) is 23.6 Å². The van der Waals surface area contributed by atoms with Gasteiger partial charge in [-0.25, -0.2) is 0 Å². The first-order valence-corrected chi connectivity index (χ1v) is 7.45. The van der Waals surface area contributed by atoms with E-state index < -0.39 is 5.91 Å². The molecule has 8 nitrogen and oxygen atoms in total. The lowest BCUT2D eigenvalue weighted by molar-refractivity contribution is 0.100. The fourth-order valence-electron chi connectivity index (χ4n) is 2.81. The summed E-state index contributed by atoms with van der Waals surface area (Å²) in [6, 6.07) is 7.23. The van der Waals surface area contributed by atoms with E-state index in [1.165, 1.54) is 12.3 Å². The molecular formula is C16H14N6O2. The van der Waals surface area contributed by atoms with Gasteiger partial charge < -0.3 is 10.7 Å². The molecule has 4 aromatic rings. The molecule has 8 heteroatoms. The van der Waals surface area contributed by atoms with Gasteiger partial charge in [0.05, 0.1) is 23.6 Å². The molecule has 120 valence electrons. The molecule has 3 aromatic heterocycles. The summed E-state index contributed by atoms with van der Waals surface area (Å²) in [6.45, 7) is 2.76. The van der Waals surface area contributed by atoms with Crippen LogP contribution in [0, 0.1) is 0 Å². The summed E-state index contributed by atoms with van der Waals surface area (Å²) in [5.41, 5.74) is 7.83. The number of hydrogen-bond donors (Lipinski definition) is 2. The molecule has 0 aliphatic rings. The van der Waals surface area contributed by atoms with Gasteiger partial charge in [-0.15, -0.1) is 0 Å². The molecule has 0 spiro atoms. The molecule has 24 heavy (non-hydrogen) atoms. The molecule has 0 bridgehead atoms. The quantitative estimate of drug-likeness (QED) is 0.589. The number of amides is 1. The summed E-state index contributed by atoms with van der Waals surface area (Å²) in [7, 11) is 0. The minimum absolute atomic E-state index is 0.175. The molecular weight excluding hydrogens is 308 g/mol. The van der Waals surface area contributed by atoms with Crippen LogP contribution in [0.2, 0.25) is 0 Å². The molecule has 0 radical (unpaired) electrons. The first-order valence-electron chi connectivity index (χ1n) is 7.45. The van der Waals surface area contributed by atoms with Crippen molar-refractivity contribution in [3.8, 4) is 11.3 Å². The number of carbonyl (C=O) groups excluding carboxylic acids is 1. The number of primary amides is 1. The van der Waals surface area contributed by atoms with Gasteiger partial charge in [-0.2, -0.15) is 14.7 Å². The van der Waals surface area contributed by atoms with E-state index in [9.17, 15) is 9.59 Å². The Morgan fingerprint density at radius 3 is 2.83 bits per heavy atom. The van der Waals surface area contributed by atoms with E-state index in [1.54, 1.807) is 6.20 Å². The minimum atomic E-state index is -0.641. The highest BCUT2D eigenvalue weighted by atomic mass is 16.1. The molecule has 4 rings (SSSR count). The number of hydrogen-bond acceptors (Lipinski definition) is 4. The summed E-state index contributed by atoms with van der Waals surface area (Å²) in [5, 5.41) is 9.24. The minimum Gasteiger partial charge on any atom is -0.365 e. The van der Waals surface area contributed by atoms with Crippen LogP contribution >= 0.6 is 0 Å². The number of nitrogens with two attached hydrogens (primary N) is 1. The van der Waals surface area contributed by atoms with Crippen molar-refractivity contribution in [3.05, 3.63) is 52.6 Å². The lowest BCUT2D eigenvalue weighted by atomic mass is 10.1. The zero-order valence-corrected chi connectivity index (χ0v) is 12.9. The molecule has 0 aliphatic carbocycles. The van der Waals surface area contributed by atoms with Gasteiger partial charge in [-0.05, 0) is 13.0 Å². The largest absolute Gasteiger partial charge is 0.365 e. The summed E-state index contributed by atoms with van der Waals surface area (Å²) in [4.78, 5) is 26.8. The smallest absolute Gasteiger partial charge is 0.274 e. The van der Waals surface area contributed by atoms with Gasteiger partial charge in [0.2, 0.25) is 0 Å². The van der Waals surface area contributed by atoms with Gasteiger partial charge in [0.15, 0.2) is 5.65 Å². The molecule has 3 heterocycles. The van der Waals surface area contributed by atoms with E-state index in [4.69, 9.17) is 5.73 Å². The predicted octanol–water partition coefficient (Wildman–Crippen LogP) is 1.16. The summed E-state index contributed by atoms with van der Waals surface area (Å²) in [5.74, 6) is -0.641. The molecule has 0 saturated carbocycles. The van der Waals surface area contributed by atoms with E-state index in [0.29, 0.717) is 5.69 Å². The number of nitrogens with zero attached hydrogens (tertiary/aromatic N) is 4. The molecule has 1 amide bonds. The van der Waals surface area contributed by atoms with Crippen LogP contribution in [0.4, 0.5) is 0 Å². The van der Waals surface area contributed by atoms with Gasteiger partial charge in [0.1, 0.15) is 5.56 Å². The lowest BCUT2D eigenvalue weighted by Crippen LogP contribution is -2.16. The topological polar surface area (TPSA) is 111 Å². The highest BCUT2D eigenvalue weighted by Crippen LogP contribution is 2.23. The average molecular weight is 322 g/mol. The van der Waals surface area contributed by atoms with Gasteiger partial charge >= 0.3 is 0 Å². The maximum atomic E-state index is 12.3. The fourth-order valence-corrected chi connectivity index (χ4v) is 2.81. The Morgan fingerprint density at radius 1 is 1.25 bits per heavy atom. The first-order chi connectivity index (χ1) is 11.6. The highest BCUT2D eigenvalue weighted by Gasteiger charge is 2.14. The molecule has 0 saturated heterocycles. The maximum absolute atomic E-state index is 12.3. The van der Waals surface area contributed by atoms with Crippen molar-refractivity contribution in [2.45, 2.75) is 13.5 Å². The van der Waals surface area contributed by atoms with Crippen LogP contribution in [0.15, 0.2) is 41.5 Å². The van der Waals surface area contributed by atoms with E-state index in [2.05, 4.69) is 15.2 Å². The number of aromatic nitrogens is 5. The lowest BCUT2D eigenvalue weighted by Gasteiger charge is -2.05. The average Bonchev–Trinajstić information content (AvgIpc) is 3.18. The SMILES string of the molecule is CCn1ncc2ccc(-c3cc(=O)n4ncc(C(N)=O)c4[nH]3)cc21. The standard InChI is InChI=1S/C16H14N6O2/c1-2-21-13-5-9(3-4-10(13)7-18-21)12-6-14(23)22-16(20-12)11(8-19-22)15(17)24/h3-8,20H,2H2,1H3,(H2,17,24). The van der Waals surface area contributed by atoms with E-state index in [-0.39, 0.29) is 16.8 Å². The molecule has 1 aromatic carbocycles. The second kappa shape index (κ2) is 5.05. The van der Waals surface area contributed by atoms with Crippen molar-refractivity contribution in [3.63, 3.8) is 0 Å². The number of carbonyl (C=O) groups is 1. The number of aryl methyl sites for hydroxylation is 1. The second-order valence-electron chi connectivity index (χ2n) is 5.44. The Labute approximate surface area is 135 Å². The number of rotatable bonds is 3. The molecule has 0 atom stereocenters. The molecule has 0 aliphatic heterocycles. The van der Waals surface area contributed by atoms with E-state index in [1.807, 2.05) is 29.8 Å². The highest BCUT2D eigenvalue weighted by molar-refractivity contribution is 5.98. The maximum Gasteiger partial charge on any atom is 0.274 e. The van der Waals surface area contributed by atoms with Crippen molar-refractivity contribution >= 4 is 22.5 Å². The Bertz CT molecular complexity index is 1150. The Hall–Kier alpha value is -3.42. The van der Waals surface area contributed by atoms with Crippen molar-refractivity contribution in [2.24, 2.45) is 5.73 Å². The van der Waals surface area contributed by atoms with Gasteiger partial charge in [-0.3, -0.25) is 14.3 Å². The number of fused-ring (bicyclic) bond motifs is 2. The van der Waals surface area contributed by atoms with Crippen LogP contribution in [-0.2, 0) is 6.54 Å². The Balaban J connectivity index is 1.97. The van der Waals surface area contributed by atoms with Gasteiger partial charge in [-0.1, -0.05) is 12.1 Å². The van der Waals surface area contributed by atoms with Gasteiger partial charge in [0.25, 0.3) is 11.5 Å². The Kier molecular flexibility index (Phi) is 2.99. The molecule has 3 N–H and O–H groups in total. The van der Waals surface area contributed by atoms with Crippen LogP contribution in [0.25, 0.3) is 27.8 Å². The van der Waals surface area contributed by atoms with Crippen molar-refractivity contribution < 1.29 is 4.79 Å². The van der Waals surface area contributed by atoms with Crippen LogP contribution < -0.4 is 11.3 Å². The third kappa shape index (κ3) is 2.00. The van der Waals surface area contributed by atoms with Crippen molar-refractivity contribution in [1.29, 1.82) is 0 Å². The third-order valence-corrected chi connectivity index (χ3v) is 4.02. The van der Waals surface area contributed by atoms with Crippen molar-refractivity contribution in [1.82, 2.24) is 24.4 Å². The predicted molar refractivity (Wildman–Crippen MR) is 88.7 cm³/mol. The summed E-state index contributed by atoms with van der Waals surface area (Å²) < 4.78 is 3.00. The van der Waals surface area contributed by atoms with Crippen LogP contribution in [-0.4, -0.2) is 30.3 Å². The van der Waals surface area contributed by atoms with Crippen molar-refractivity contribution in [2.75, 3.05) is 0 Å². The molecule has 0 fully saturated rings. The zero-order valence-electron chi connectivity index (χ0n) is 12.9. The van der Waals surface area contributed by atoms with E-state index >= 15 is 0 Å². The van der Waals surface area contributed by atoms with Crippen LogP contribution in [0.3, 0.4) is 0 Å². The normalized spacial score (nSPS) is 11.4. The first kappa shape index (κ1) is 14.2. The zero-order chi connectivity index (χ0) is 16.8. The third-order valence-electron chi connectivity index (χ3n) is 4.02. The Morgan fingerprint density at radius 2 is 2.08 bits per heavy atom. The molecule has 0 unspecified atom stereocenters. The number of H-pyrrole nitrogens is 1. The second-order valence-corrected chi connectivity index (χ2v) is 5.44. The monoisotopic (exact) mass is 322 g/mol. The number of nitrogens with one attached hydrogen (secondary N) is 1. The fraction of sp³-hybridized carbons (Fsp3) is 0.125. The summed E-state index contributed by atoms with van der Waals surface area (Å²) in [6.07, 6.45) is 3.09.